The van der Waals surface area contributed by atoms with Gasteiger partial charge in [0.05, 0.1) is 0 Å². The van der Waals surface area contributed by atoms with E-state index >= 15 is 0 Å². The Hall–Kier alpha value is -0.830. The van der Waals surface area contributed by atoms with E-state index in [0.717, 1.165) is 30.3 Å². The minimum Gasteiger partial charge on any atom is -0.352 e. The van der Waals surface area contributed by atoms with Crippen LogP contribution in [-0.2, 0) is 6.42 Å². The van der Waals surface area contributed by atoms with Crippen molar-refractivity contribution >= 4 is 17.4 Å². The molecule has 0 radical (unpaired) electrons. The fraction of sp³-hybridized carbons (Fsp3) is 0.714. The lowest BCUT2D eigenvalue weighted by molar-refractivity contribution is 0.614. The number of alkyl halides is 1. The number of aromatic nitrogens is 2. The maximum Gasteiger partial charge on any atom is 0.132 e. The molecule has 2 heterocycles. The Morgan fingerprint density at radius 1 is 1.33 bits per heavy atom. The molecule has 0 spiro atoms. The predicted octanol–water partition coefficient (Wildman–Crippen LogP) is 3.34. The van der Waals surface area contributed by atoms with Crippen molar-refractivity contribution < 1.29 is 0 Å². The van der Waals surface area contributed by atoms with Crippen LogP contribution in [0.5, 0.6) is 0 Å². The van der Waals surface area contributed by atoms with Crippen LogP contribution >= 0.6 is 11.6 Å². The molecule has 0 aliphatic carbocycles. The van der Waals surface area contributed by atoms with Crippen LogP contribution in [0.4, 0.5) is 5.82 Å². The van der Waals surface area contributed by atoms with Gasteiger partial charge < -0.3 is 4.90 Å². The van der Waals surface area contributed by atoms with Gasteiger partial charge in [-0.25, -0.2) is 9.97 Å². The first-order valence-electron chi connectivity index (χ1n) is 6.91. The molecule has 0 aromatic carbocycles. The Bertz CT molecular complexity index is 395. The van der Waals surface area contributed by atoms with E-state index in [1.165, 1.54) is 25.7 Å². The first-order chi connectivity index (χ1) is 8.74. The largest absolute Gasteiger partial charge is 0.352 e. The van der Waals surface area contributed by atoms with Gasteiger partial charge in [0.2, 0.25) is 0 Å². The normalized spacial score (nSPS) is 20.8. The number of nitrogens with zero attached hydrogens (tertiary/aromatic N) is 3. The lowest BCUT2D eigenvalue weighted by atomic mass is 10.1. The molecule has 1 aromatic rings. The smallest absolute Gasteiger partial charge is 0.132 e. The van der Waals surface area contributed by atoms with Gasteiger partial charge in [-0.15, -0.1) is 11.6 Å². The van der Waals surface area contributed by atoms with Gasteiger partial charge >= 0.3 is 0 Å². The van der Waals surface area contributed by atoms with Crippen molar-refractivity contribution in [2.24, 2.45) is 0 Å². The Morgan fingerprint density at radius 2 is 2.17 bits per heavy atom. The van der Waals surface area contributed by atoms with Crippen LogP contribution in [0.1, 0.15) is 44.1 Å². The minimum atomic E-state index is 0.424. The summed E-state index contributed by atoms with van der Waals surface area (Å²) in [6, 6.07) is 2.55. The second-order valence-corrected chi connectivity index (χ2v) is 5.28. The summed E-state index contributed by atoms with van der Waals surface area (Å²) in [5.41, 5.74) is 1.12. The monoisotopic (exact) mass is 267 g/mol. The SMILES string of the molecule is CCc1cc(N2CCCCCC2CCl)nc(C)n1. The Labute approximate surface area is 115 Å². The van der Waals surface area contributed by atoms with Crippen LogP contribution in [0.15, 0.2) is 6.07 Å². The number of anilines is 1. The van der Waals surface area contributed by atoms with Gasteiger partial charge in [-0.3, -0.25) is 0 Å². The van der Waals surface area contributed by atoms with E-state index in [0.29, 0.717) is 11.9 Å². The molecule has 1 aliphatic rings. The highest BCUT2D eigenvalue weighted by Gasteiger charge is 2.22. The molecule has 3 nitrogen and oxygen atoms in total. The van der Waals surface area contributed by atoms with E-state index in [1.54, 1.807) is 0 Å². The lowest BCUT2D eigenvalue weighted by Gasteiger charge is -2.30. The maximum atomic E-state index is 6.13. The molecule has 0 bridgehead atoms. The first-order valence-corrected chi connectivity index (χ1v) is 7.45. The van der Waals surface area contributed by atoms with Crippen molar-refractivity contribution in [2.45, 2.75) is 52.0 Å². The van der Waals surface area contributed by atoms with Crippen molar-refractivity contribution in [2.75, 3.05) is 17.3 Å². The van der Waals surface area contributed by atoms with E-state index in [4.69, 9.17) is 11.6 Å². The quantitative estimate of drug-likeness (QED) is 0.787. The lowest BCUT2D eigenvalue weighted by Crippen LogP contribution is -2.37. The second kappa shape index (κ2) is 6.37. The molecule has 1 atom stereocenters. The van der Waals surface area contributed by atoms with Crippen molar-refractivity contribution in [1.29, 1.82) is 0 Å². The Balaban J connectivity index is 2.29. The van der Waals surface area contributed by atoms with Crippen LogP contribution in [0.25, 0.3) is 0 Å². The van der Waals surface area contributed by atoms with E-state index in [1.807, 2.05) is 6.92 Å². The van der Waals surface area contributed by atoms with Crippen LogP contribution in [-0.4, -0.2) is 28.4 Å². The highest BCUT2D eigenvalue weighted by molar-refractivity contribution is 6.18. The molecule has 0 amide bonds. The van der Waals surface area contributed by atoms with Gasteiger partial charge in [-0.1, -0.05) is 19.8 Å². The standard InChI is InChI=1S/C14H22ClN3/c1-3-12-9-14(17-11(2)16-12)18-8-6-4-5-7-13(18)10-15/h9,13H,3-8,10H2,1-2H3. The van der Waals surface area contributed by atoms with Gasteiger partial charge in [-0.05, 0) is 26.2 Å². The van der Waals surface area contributed by atoms with E-state index in [2.05, 4.69) is 27.9 Å². The zero-order valence-electron chi connectivity index (χ0n) is 11.3. The Kier molecular flexibility index (Phi) is 4.81. The average molecular weight is 268 g/mol. The van der Waals surface area contributed by atoms with Crippen LogP contribution < -0.4 is 4.90 Å². The molecular formula is C14H22ClN3. The topological polar surface area (TPSA) is 29.0 Å². The third-order valence-electron chi connectivity index (χ3n) is 3.59. The maximum absolute atomic E-state index is 6.13. The highest BCUT2D eigenvalue weighted by Crippen LogP contribution is 2.24. The van der Waals surface area contributed by atoms with Gasteiger partial charge in [0.1, 0.15) is 11.6 Å². The molecule has 1 aromatic heterocycles. The molecule has 0 saturated carbocycles. The molecule has 0 N–H and O–H groups in total. The minimum absolute atomic E-state index is 0.424. The first kappa shape index (κ1) is 13.6. The summed E-state index contributed by atoms with van der Waals surface area (Å²) in [5.74, 6) is 2.61. The summed E-state index contributed by atoms with van der Waals surface area (Å²) in [7, 11) is 0. The highest BCUT2D eigenvalue weighted by atomic mass is 35.5. The van der Waals surface area contributed by atoms with Crippen LogP contribution in [0.3, 0.4) is 0 Å². The third kappa shape index (κ3) is 3.14. The number of hydrogen-bond acceptors (Lipinski definition) is 3. The number of halogens is 1. The van der Waals surface area contributed by atoms with Gasteiger partial charge in [0, 0.05) is 30.2 Å². The molecule has 18 heavy (non-hydrogen) atoms. The van der Waals surface area contributed by atoms with Crippen molar-refractivity contribution in [3.63, 3.8) is 0 Å². The van der Waals surface area contributed by atoms with E-state index in [9.17, 15) is 0 Å². The summed E-state index contributed by atoms with van der Waals surface area (Å²) in [4.78, 5) is 11.4. The predicted molar refractivity (Wildman–Crippen MR) is 76.5 cm³/mol. The van der Waals surface area contributed by atoms with Crippen molar-refractivity contribution in [1.82, 2.24) is 9.97 Å². The Morgan fingerprint density at radius 3 is 2.89 bits per heavy atom. The average Bonchev–Trinajstić information content (AvgIpc) is 2.62. The second-order valence-electron chi connectivity index (χ2n) is 4.97. The van der Waals surface area contributed by atoms with Gasteiger partial charge in [-0.2, -0.15) is 0 Å². The molecule has 1 fully saturated rings. The molecule has 1 saturated heterocycles. The summed E-state index contributed by atoms with van der Waals surface area (Å²) in [6.45, 7) is 5.17. The summed E-state index contributed by atoms with van der Waals surface area (Å²) >= 11 is 6.13. The van der Waals surface area contributed by atoms with E-state index < -0.39 is 0 Å². The third-order valence-corrected chi connectivity index (χ3v) is 3.95. The summed E-state index contributed by atoms with van der Waals surface area (Å²) in [6.07, 6.45) is 5.94. The molecule has 2 rings (SSSR count). The molecule has 100 valence electrons. The zero-order chi connectivity index (χ0) is 13.0. The molecule has 1 unspecified atom stereocenters. The molecule has 4 heteroatoms. The fourth-order valence-electron chi connectivity index (χ4n) is 2.58. The summed E-state index contributed by atoms with van der Waals surface area (Å²) in [5, 5.41) is 0. The summed E-state index contributed by atoms with van der Waals surface area (Å²) < 4.78 is 0. The number of hydrogen-bond donors (Lipinski definition) is 0. The van der Waals surface area contributed by atoms with E-state index in [-0.39, 0.29) is 0 Å². The van der Waals surface area contributed by atoms with Crippen molar-refractivity contribution in [3.8, 4) is 0 Å². The molecule has 1 aliphatic heterocycles. The van der Waals surface area contributed by atoms with Crippen LogP contribution in [0, 0.1) is 6.92 Å². The van der Waals surface area contributed by atoms with Gasteiger partial charge in [0.25, 0.3) is 0 Å². The molecular weight excluding hydrogens is 246 g/mol. The zero-order valence-corrected chi connectivity index (χ0v) is 12.1. The van der Waals surface area contributed by atoms with Crippen molar-refractivity contribution in [3.05, 3.63) is 17.6 Å². The number of aryl methyl sites for hydroxylation is 2. The van der Waals surface area contributed by atoms with Crippen LogP contribution in [0.2, 0.25) is 0 Å². The number of rotatable bonds is 3. The fourth-order valence-corrected chi connectivity index (χ4v) is 2.90. The van der Waals surface area contributed by atoms with Gasteiger partial charge in [0.15, 0.2) is 0 Å².